The van der Waals surface area contributed by atoms with Gasteiger partial charge in [0, 0.05) is 32.4 Å². The number of para-hydroxylation sites is 1. The highest BCUT2D eigenvalue weighted by molar-refractivity contribution is 5.97. The molecule has 1 saturated heterocycles. The number of piperazine rings is 1. The number of rotatable bonds is 5. The predicted octanol–water partition coefficient (Wildman–Crippen LogP) is 3.12. The molecule has 0 aliphatic carbocycles. The second-order valence-electron chi connectivity index (χ2n) is 8.64. The average molecular weight is 470 g/mol. The Morgan fingerprint density at radius 3 is 2.46 bits per heavy atom. The van der Waals surface area contributed by atoms with Crippen LogP contribution in [0.4, 0.5) is 5.82 Å². The van der Waals surface area contributed by atoms with Crippen molar-refractivity contribution in [2.24, 2.45) is 0 Å². The molecule has 8 nitrogen and oxygen atoms in total. The van der Waals surface area contributed by atoms with Crippen LogP contribution < -0.4 is 15.2 Å². The Balaban J connectivity index is 1.42. The normalized spacial score (nSPS) is 13.8. The molecule has 1 aliphatic heterocycles. The lowest BCUT2D eigenvalue weighted by molar-refractivity contribution is 0.0743. The Labute approximate surface area is 203 Å². The minimum absolute atomic E-state index is 0.0745. The van der Waals surface area contributed by atoms with Gasteiger partial charge in [-0.1, -0.05) is 42.0 Å². The van der Waals surface area contributed by atoms with Crippen LogP contribution >= 0.6 is 0 Å². The average Bonchev–Trinajstić information content (AvgIpc) is 2.91. The molecule has 1 amide bonds. The number of aryl methyl sites for hydroxylation is 1. The molecule has 35 heavy (non-hydrogen) atoms. The number of carbonyl (C=O) groups is 1. The molecule has 0 atom stereocenters. The first-order chi connectivity index (χ1) is 17.0. The highest BCUT2D eigenvalue weighted by Crippen LogP contribution is 2.21. The van der Waals surface area contributed by atoms with Crippen molar-refractivity contribution < 1.29 is 9.53 Å². The van der Waals surface area contributed by atoms with Gasteiger partial charge in [-0.15, -0.1) is 0 Å². The lowest BCUT2D eigenvalue weighted by Gasteiger charge is -2.35. The maximum Gasteiger partial charge on any atom is 0.295 e. The van der Waals surface area contributed by atoms with Crippen LogP contribution in [0.3, 0.4) is 0 Å². The van der Waals surface area contributed by atoms with Crippen molar-refractivity contribution >= 4 is 22.9 Å². The third-order valence-electron chi connectivity index (χ3n) is 6.35. The van der Waals surface area contributed by atoms with Crippen LogP contribution in [-0.4, -0.2) is 58.6 Å². The molecule has 1 fully saturated rings. The molecule has 0 unspecified atom stereocenters. The van der Waals surface area contributed by atoms with Crippen LogP contribution in [0, 0.1) is 6.92 Å². The van der Waals surface area contributed by atoms with Crippen LogP contribution in [0.15, 0.2) is 71.7 Å². The van der Waals surface area contributed by atoms with Gasteiger partial charge in [0.1, 0.15) is 11.3 Å². The van der Waals surface area contributed by atoms with Crippen molar-refractivity contribution in [3.8, 4) is 5.75 Å². The molecule has 8 heteroatoms. The second kappa shape index (κ2) is 9.58. The number of hydrogen-bond donors (Lipinski definition) is 0. The second-order valence-corrected chi connectivity index (χ2v) is 8.64. The molecule has 1 aliphatic rings. The number of hydrogen-bond acceptors (Lipinski definition) is 6. The molecule has 3 heterocycles. The number of methoxy groups -OCH3 is 1. The molecule has 0 spiro atoms. The molecule has 0 N–H and O–H groups in total. The Kier molecular flexibility index (Phi) is 6.18. The zero-order valence-electron chi connectivity index (χ0n) is 19.8. The van der Waals surface area contributed by atoms with E-state index in [1.165, 1.54) is 5.56 Å². The number of amides is 1. The largest absolute Gasteiger partial charge is 0.496 e. The summed E-state index contributed by atoms with van der Waals surface area (Å²) in [6.45, 7) is 4.45. The minimum Gasteiger partial charge on any atom is -0.496 e. The molecule has 0 radical (unpaired) electrons. The first-order valence-electron chi connectivity index (χ1n) is 11.6. The number of anilines is 1. The van der Waals surface area contributed by atoms with Crippen LogP contribution in [-0.2, 0) is 6.54 Å². The van der Waals surface area contributed by atoms with Crippen molar-refractivity contribution in [1.29, 1.82) is 0 Å². The summed E-state index contributed by atoms with van der Waals surface area (Å²) in [6.07, 6.45) is 1.68. The maximum atomic E-state index is 13.6. The van der Waals surface area contributed by atoms with E-state index in [1.54, 1.807) is 34.9 Å². The van der Waals surface area contributed by atoms with Crippen LogP contribution in [0.2, 0.25) is 0 Å². The lowest BCUT2D eigenvalue weighted by atomic mass is 10.1. The van der Waals surface area contributed by atoms with E-state index < -0.39 is 0 Å². The third kappa shape index (κ3) is 4.47. The van der Waals surface area contributed by atoms with Crippen LogP contribution in [0.25, 0.3) is 11.2 Å². The molecular formula is C27H27N5O3. The number of carbonyl (C=O) groups excluding carboxylic acids is 1. The van der Waals surface area contributed by atoms with E-state index in [1.807, 2.05) is 60.4 Å². The van der Waals surface area contributed by atoms with Crippen LogP contribution in [0.1, 0.15) is 21.5 Å². The Morgan fingerprint density at radius 2 is 1.71 bits per heavy atom. The summed E-state index contributed by atoms with van der Waals surface area (Å²) in [5, 5.41) is 0. The van der Waals surface area contributed by atoms with Gasteiger partial charge in [0.25, 0.3) is 11.5 Å². The highest BCUT2D eigenvalue weighted by Gasteiger charge is 2.27. The van der Waals surface area contributed by atoms with Crippen molar-refractivity contribution in [2.75, 3.05) is 38.2 Å². The first kappa shape index (κ1) is 22.6. The van der Waals surface area contributed by atoms with Gasteiger partial charge in [-0.2, -0.15) is 0 Å². The third-order valence-corrected chi connectivity index (χ3v) is 6.35. The number of aromatic nitrogens is 3. The fourth-order valence-electron chi connectivity index (χ4n) is 4.40. The van der Waals surface area contributed by atoms with E-state index in [9.17, 15) is 9.59 Å². The maximum absolute atomic E-state index is 13.6. The van der Waals surface area contributed by atoms with Gasteiger partial charge in [-0.3, -0.25) is 14.2 Å². The van der Waals surface area contributed by atoms with Crippen molar-refractivity contribution in [3.63, 3.8) is 0 Å². The highest BCUT2D eigenvalue weighted by atomic mass is 16.5. The van der Waals surface area contributed by atoms with Crippen LogP contribution in [0.5, 0.6) is 5.75 Å². The summed E-state index contributed by atoms with van der Waals surface area (Å²) in [7, 11) is 1.56. The molecule has 2 aromatic heterocycles. The standard InChI is InChI=1S/C27H27N5O3/c1-19-9-11-20(12-10-19)18-32-24-22(7-5-13-28-24)29-25(27(32)34)30-14-16-31(17-15-30)26(33)21-6-3-4-8-23(21)35-2/h3-13H,14-18H2,1-2H3. The molecule has 5 rings (SSSR count). The fraction of sp³-hybridized carbons (Fsp3) is 0.259. The molecule has 4 aromatic rings. The summed E-state index contributed by atoms with van der Waals surface area (Å²) in [4.78, 5) is 39.6. The van der Waals surface area contributed by atoms with Gasteiger partial charge in [0.15, 0.2) is 11.5 Å². The van der Waals surface area contributed by atoms with E-state index in [4.69, 9.17) is 4.74 Å². The molecule has 178 valence electrons. The zero-order chi connectivity index (χ0) is 24.4. The van der Waals surface area contributed by atoms with E-state index in [0.29, 0.717) is 61.0 Å². The van der Waals surface area contributed by atoms with Gasteiger partial charge in [-0.25, -0.2) is 9.97 Å². The topological polar surface area (TPSA) is 80.6 Å². The Morgan fingerprint density at radius 1 is 0.971 bits per heavy atom. The summed E-state index contributed by atoms with van der Waals surface area (Å²) >= 11 is 0. The van der Waals surface area contributed by atoms with E-state index in [0.717, 1.165) is 5.56 Å². The van der Waals surface area contributed by atoms with Gasteiger partial charge >= 0.3 is 0 Å². The fourth-order valence-corrected chi connectivity index (χ4v) is 4.40. The summed E-state index contributed by atoms with van der Waals surface area (Å²) in [6, 6.07) is 19.1. The smallest absolute Gasteiger partial charge is 0.295 e. The van der Waals surface area contributed by atoms with Gasteiger partial charge in [0.2, 0.25) is 0 Å². The molecule has 0 saturated carbocycles. The minimum atomic E-state index is -0.179. The number of fused-ring (bicyclic) bond motifs is 1. The number of nitrogens with zero attached hydrogens (tertiary/aromatic N) is 5. The monoisotopic (exact) mass is 469 g/mol. The predicted molar refractivity (Wildman–Crippen MR) is 135 cm³/mol. The first-order valence-corrected chi connectivity index (χ1v) is 11.6. The zero-order valence-corrected chi connectivity index (χ0v) is 19.8. The summed E-state index contributed by atoms with van der Waals surface area (Å²) in [5.41, 5.74) is 3.78. The van der Waals surface area contributed by atoms with Crippen molar-refractivity contribution in [2.45, 2.75) is 13.5 Å². The van der Waals surface area contributed by atoms with E-state index >= 15 is 0 Å². The number of pyridine rings is 1. The van der Waals surface area contributed by atoms with Gasteiger partial charge < -0.3 is 14.5 Å². The lowest BCUT2D eigenvalue weighted by Crippen LogP contribution is -2.50. The summed E-state index contributed by atoms with van der Waals surface area (Å²) < 4.78 is 7.04. The van der Waals surface area contributed by atoms with E-state index in [2.05, 4.69) is 9.97 Å². The van der Waals surface area contributed by atoms with Crippen molar-refractivity contribution in [3.05, 3.63) is 93.9 Å². The quantitative estimate of drug-likeness (QED) is 0.447. The Hall–Kier alpha value is -4.20. The SMILES string of the molecule is COc1ccccc1C(=O)N1CCN(c2nc3cccnc3n(Cc3ccc(C)cc3)c2=O)CC1. The molecule has 2 aromatic carbocycles. The van der Waals surface area contributed by atoms with Gasteiger partial charge in [-0.05, 0) is 36.8 Å². The summed E-state index contributed by atoms with van der Waals surface area (Å²) in [5.74, 6) is 0.874. The Bertz CT molecular complexity index is 1420. The molecular weight excluding hydrogens is 442 g/mol. The number of benzene rings is 2. The number of ether oxygens (including phenoxy) is 1. The van der Waals surface area contributed by atoms with Gasteiger partial charge in [0.05, 0.1) is 19.2 Å². The van der Waals surface area contributed by atoms with E-state index in [-0.39, 0.29) is 11.5 Å². The van der Waals surface area contributed by atoms with Crippen molar-refractivity contribution in [1.82, 2.24) is 19.4 Å². The molecule has 0 bridgehead atoms.